The van der Waals surface area contributed by atoms with Gasteiger partial charge in [0.05, 0.1) is 11.3 Å². The lowest BCUT2D eigenvalue weighted by atomic mass is 10.0. The first-order valence-electron chi connectivity index (χ1n) is 8.89. The maximum Gasteiger partial charge on any atom is 0.325 e. The Morgan fingerprint density at radius 1 is 1.19 bits per heavy atom. The first-order valence-corrected chi connectivity index (χ1v) is 8.89. The normalized spacial score (nSPS) is 18.7. The summed E-state index contributed by atoms with van der Waals surface area (Å²) in [6, 6.07) is 12.4. The van der Waals surface area contributed by atoms with Gasteiger partial charge in [-0.3, -0.25) is 9.78 Å². The number of hydrogen-bond acceptors (Lipinski definition) is 4. The van der Waals surface area contributed by atoms with Crippen molar-refractivity contribution in [3.05, 3.63) is 87.0 Å². The Kier molecular flexibility index (Phi) is 3.53. The monoisotopic (exact) mass is 359 g/mol. The zero-order valence-corrected chi connectivity index (χ0v) is 14.4. The predicted octanol–water partition coefficient (Wildman–Crippen LogP) is 2.12. The molecule has 134 valence electrons. The molecule has 7 nitrogen and oxygen atoms in total. The van der Waals surface area contributed by atoms with Crippen LogP contribution >= 0.6 is 0 Å². The van der Waals surface area contributed by atoms with Crippen molar-refractivity contribution in [1.82, 2.24) is 24.6 Å². The molecule has 0 spiro atoms. The van der Waals surface area contributed by atoms with Crippen LogP contribution in [0.2, 0.25) is 0 Å². The van der Waals surface area contributed by atoms with Gasteiger partial charge in [0.2, 0.25) is 0 Å². The third kappa shape index (κ3) is 2.87. The minimum Gasteiger partial charge on any atom is -0.313 e. The van der Waals surface area contributed by atoms with E-state index in [0.29, 0.717) is 23.1 Å². The third-order valence-corrected chi connectivity index (χ3v) is 5.15. The second-order valence-electron chi connectivity index (χ2n) is 6.96. The van der Waals surface area contributed by atoms with E-state index >= 15 is 0 Å². The van der Waals surface area contributed by atoms with Crippen LogP contribution in [0.3, 0.4) is 0 Å². The van der Waals surface area contributed by atoms with E-state index in [9.17, 15) is 9.59 Å². The molecule has 0 saturated heterocycles. The summed E-state index contributed by atoms with van der Waals surface area (Å²) in [5, 5.41) is 4.49. The van der Waals surface area contributed by atoms with E-state index < -0.39 is 11.2 Å². The number of imidazole rings is 1. The molecule has 3 heterocycles. The van der Waals surface area contributed by atoms with E-state index in [2.05, 4.69) is 44.3 Å². The molecular weight excluding hydrogens is 342 g/mol. The zero-order valence-electron chi connectivity index (χ0n) is 14.4. The maximum atomic E-state index is 12.2. The number of nitrogens with zero attached hydrogens (tertiary/aromatic N) is 3. The summed E-state index contributed by atoms with van der Waals surface area (Å²) in [4.78, 5) is 32.7. The smallest absolute Gasteiger partial charge is 0.313 e. The molecule has 0 bridgehead atoms. The first kappa shape index (κ1) is 15.7. The molecule has 0 unspecified atom stereocenters. The van der Waals surface area contributed by atoms with Gasteiger partial charge in [0.25, 0.3) is 5.56 Å². The van der Waals surface area contributed by atoms with Crippen molar-refractivity contribution in [3.8, 4) is 11.3 Å². The molecule has 27 heavy (non-hydrogen) atoms. The SMILES string of the molecule is O=c1[nH]cc(-c2cc([C@H]3C[C@@H]3Cc3ccccc3)c3nccn3n2)c(=O)[nH]1. The van der Waals surface area contributed by atoms with E-state index in [0.717, 1.165) is 24.1 Å². The van der Waals surface area contributed by atoms with Crippen molar-refractivity contribution < 1.29 is 0 Å². The largest absolute Gasteiger partial charge is 0.325 e. The summed E-state index contributed by atoms with van der Waals surface area (Å²) in [5.74, 6) is 0.940. The van der Waals surface area contributed by atoms with Gasteiger partial charge in [-0.25, -0.2) is 14.3 Å². The fourth-order valence-electron chi connectivity index (χ4n) is 3.72. The molecule has 1 fully saturated rings. The van der Waals surface area contributed by atoms with E-state index in [1.54, 1.807) is 16.9 Å². The summed E-state index contributed by atoms with van der Waals surface area (Å²) in [5.41, 5.74) is 3.13. The number of rotatable bonds is 4. The Hall–Kier alpha value is -3.48. The number of nitrogens with one attached hydrogen (secondary N) is 2. The molecule has 2 N–H and O–H groups in total. The Morgan fingerprint density at radius 3 is 2.85 bits per heavy atom. The lowest BCUT2D eigenvalue weighted by molar-refractivity contribution is 0.790. The van der Waals surface area contributed by atoms with Crippen LogP contribution in [0.1, 0.15) is 23.5 Å². The zero-order chi connectivity index (χ0) is 18.4. The summed E-state index contributed by atoms with van der Waals surface area (Å²) in [6.07, 6.45) is 7.00. The Morgan fingerprint density at radius 2 is 2.04 bits per heavy atom. The van der Waals surface area contributed by atoms with Crippen molar-refractivity contribution >= 4 is 5.65 Å². The van der Waals surface area contributed by atoms with E-state index in [-0.39, 0.29) is 0 Å². The number of fused-ring (bicyclic) bond motifs is 1. The van der Waals surface area contributed by atoms with Crippen molar-refractivity contribution in [2.75, 3.05) is 0 Å². The minimum absolute atomic E-state index is 0.340. The van der Waals surface area contributed by atoms with Crippen molar-refractivity contribution in [1.29, 1.82) is 0 Å². The standard InChI is InChI=1S/C20H17N5O2/c26-19-16(11-22-20(27)23-19)17-10-15(18-21-6-7-25(18)24-17)14-9-13(14)8-12-4-2-1-3-5-12/h1-7,10-11,13-14H,8-9H2,(H2,22,23,26,27)/t13-,14-/m0/s1. The molecule has 3 aromatic heterocycles. The highest BCUT2D eigenvalue weighted by molar-refractivity contribution is 5.63. The van der Waals surface area contributed by atoms with Crippen LogP contribution < -0.4 is 11.2 Å². The van der Waals surface area contributed by atoms with E-state index in [1.807, 2.05) is 12.1 Å². The van der Waals surface area contributed by atoms with Gasteiger partial charge >= 0.3 is 5.69 Å². The van der Waals surface area contributed by atoms with Gasteiger partial charge in [-0.05, 0) is 36.3 Å². The molecule has 1 aliphatic carbocycles. The van der Waals surface area contributed by atoms with Crippen LogP contribution in [0.15, 0.2) is 64.6 Å². The number of H-pyrrole nitrogens is 2. The van der Waals surface area contributed by atoms with Crippen molar-refractivity contribution in [2.24, 2.45) is 5.92 Å². The summed E-state index contributed by atoms with van der Waals surface area (Å²) in [7, 11) is 0. The Bertz CT molecular complexity index is 1240. The van der Waals surface area contributed by atoms with Crippen molar-refractivity contribution in [3.63, 3.8) is 0 Å². The van der Waals surface area contributed by atoms with Gasteiger partial charge in [0, 0.05) is 24.2 Å². The number of aromatic nitrogens is 5. The fraction of sp³-hybridized carbons (Fsp3) is 0.200. The van der Waals surface area contributed by atoms with Crippen LogP contribution in [0, 0.1) is 5.92 Å². The van der Waals surface area contributed by atoms with Gasteiger partial charge < -0.3 is 4.98 Å². The molecular formula is C20H17N5O2. The lowest BCUT2D eigenvalue weighted by Gasteiger charge is -2.07. The van der Waals surface area contributed by atoms with E-state index in [1.165, 1.54) is 11.8 Å². The molecule has 0 amide bonds. The molecule has 2 atom stereocenters. The number of aromatic amines is 2. The van der Waals surface area contributed by atoms with E-state index in [4.69, 9.17) is 0 Å². The second-order valence-corrected chi connectivity index (χ2v) is 6.96. The molecule has 1 aliphatic rings. The third-order valence-electron chi connectivity index (χ3n) is 5.15. The van der Waals surface area contributed by atoms with Crippen LogP contribution in [0.4, 0.5) is 0 Å². The van der Waals surface area contributed by atoms with Gasteiger partial charge in [-0.1, -0.05) is 30.3 Å². The minimum atomic E-state index is -0.530. The number of benzene rings is 1. The molecule has 4 aromatic rings. The van der Waals surface area contributed by atoms with Crippen LogP contribution in [0.5, 0.6) is 0 Å². The average molecular weight is 359 g/mol. The highest BCUT2D eigenvalue weighted by Crippen LogP contribution is 2.50. The second kappa shape index (κ2) is 6.05. The van der Waals surface area contributed by atoms with Crippen LogP contribution in [-0.2, 0) is 6.42 Å². The van der Waals surface area contributed by atoms with Gasteiger partial charge in [-0.15, -0.1) is 0 Å². The average Bonchev–Trinajstić information content (AvgIpc) is 3.25. The van der Waals surface area contributed by atoms with Crippen LogP contribution in [0.25, 0.3) is 16.9 Å². The predicted molar refractivity (Wildman–Crippen MR) is 101 cm³/mol. The number of hydrogen-bond donors (Lipinski definition) is 2. The lowest BCUT2D eigenvalue weighted by Crippen LogP contribution is -2.23. The Balaban J connectivity index is 1.54. The van der Waals surface area contributed by atoms with Gasteiger partial charge in [0.1, 0.15) is 0 Å². The summed E-state index contributed by atoms with van der Waals surface area (Å²) < 4.78 is 1.70. The molecule has 1 aromatic carbocycles. The Labute approximate surface area is 153 Å². The van der Waals surface area contributed by atoms with Gasteiger partial charge in [0.15, 0.2) is 5.65 Å². The molecule has 0 radical (unpaired) electrons. The van der Waals surface area contributed by atoms with Crippen LogP contribution in [-0.4, -0.2) is 24.6 Å². The maximum absolute atomic E-state index is 12.2. The summed E-state index contributed by atoms with van der Waals surface area (Å²) in [6.45, 7) is 0. The highest BCUT2D eigenvalue weighted by Gasteiger charge is 2.40. The molecule has 0 aliphatic heterocycles. The topological polar surface area (TPSA) is 95.9 Å². The molecule has 1 saturated carbocycles. The van der Waals surface area contributed by atoms with Gasteiger partial charge in [-0.2, -0.15) is 5.10 Å². The molecule has 5 rings (SSSR count). The first-order chi connectivity index (χ1) is 13.2. The highest BCUT2D eigenvalue weighted by atomic mass is 16.2. The van der Waals surface area contributed by atoms with Crippen molar-refractivity contribution in [2.45, 2.75) is 18.8 Å². The fourth-order valence-corrected chi connectivity index (χ4v) is 3.72. The summed E-state index contributed by atoms with van der Waals surface area (Å²) >= 11 is 0. The molecule has 7 heteroatoms. The quantitative estimate of drug-likeness (QED) is 0.583.